The van der Waals surface area contributed by atoms with Crippen LogP contribution in [0.25, 0.3) is 0 Å². The number of thiocarbonyl (C=S) groups is 1. The Bertz CT molecular complexity index is 484. The Morgan fingerprint density at radius 1 is 1.40 bits per heavy atom. The molecule has 1 fully saturated rings. The first-order valence-corrected chi connectivity index (χ1v) is 7.33. The molecule has 110 valence electrons. The summed E-state index contributed by atoms with van der Waals surface area (Å²) < 4.78 is 5.33. The van der Waals surface area contributed by atoms with Gasteiger partial charge in [0.2, 0.25) is 0 Å². The maximum atomic E-state index is 5.85. The molecule has 4 nitrogen and oxygen atoms in total. The predicted molar refractivity (Wildman–Crippen MR) is 87.8 cm³/mol. The lowest BCUT2D eigenvalue weighted by molar-refractivity contribution is 0.253. The number of nitrogens with zero attached hydrogens (tertiary/aromatic N) is 2. The third-order valence-electron chi connectivity index (χ3n) is 4.09. The van der Waals surface area contributed by atoms with Crippen LogP contribution in [0.2, 0.25) is 0 Å². The third kappa shape index (κ3) is 3.22. The fraction of sp³-hybridized carbons (Fsp3) is 0.533. The summed E-state index contributed by atoms with van der Waals surface area (Å²) >= 11 is 5.17. The number of ether oxygens (including phenoxy) is 1. The standard InChI is InChI=1S/C15H23N3OS/c1-17-8-6-11(7-9-17)18(2)14-10-12(19-3)4-5-13(14)15(16)20/h4-5,10-11H,6-9H2,1-3H3,(H2,16,20). The summed E-state index contributed by atoms with van der Waals surface area (Å²) in [5.41, 5.74) is 7.83. The number of anilines is 1. The van der Waals surface area contributed by atoms with Crippen molar-refractivity contribution in [3.8, 4) is 5.75 Å². The molecule has 1 heterocycles. The quantitative estimate of drug-likeness (QED) is 0.858. The molecule has 1 saturated heterocycles. The normalized spacial score (nSPS) is 16.9. The minimum Gasteiger partial charge on any atom is -0.497 e. The Labute approximate surface area is 126 Å². The van der Waals surface area contributed by atoms with Gasteiger partial charge in [-0.25, -0.2) is 0 Å². The highest BCUT2D eigenvalue weighted by atomic mass is 32.1. The first-order valence-electron chi connectivity index (χ1n) is 6.92. The van der Waals surface area contributed by atoms with E-state index in [0.717, 1.165) is 42.9 Å². The Morgan fingerprint density at radius 2 is 2.05 bits per heavy atom. The average molecular weight is 293 g/mol. The molecule has 1 aliphatic heterocycles. The molecule has 0 saturated carbocycles. The van der Waals surface area contributed by atoms with Gasteiger partial charge >= 0.3 is 0 Å². The Hall–Kier alpha value is -1.33. The van der Waals surface area contributed by atoms with Crippen molar-refractivity contribution in [1.82, 2.24) is 4.90 Å². The SMILES string of the molecule is COc1ccc(C(N)=S)c(N(C)C2CCN(C)CC2)c1. The van der Waals surface area contributed by atoms with E-state index in [9.17, 15) is 0 Å². The van der Waals surface area contributed by atoms with Gasteiger partial charge in [-0.15, -0.1) is 0 Å². The zero-order valence-corrected chi connectivity index (χ0v) is 13.2. The summed E-state index contributed by atoms with van der Waals surface area (Å²) in [6.07, 6.45) is 2.31. The second-order valence-corrected chi connectivity index (χ2v) is 5.83. The first-order chi connectivity index (χ1) is 9.52. The van der Waals surface area contributed by atoms with E-state index in [1.54, 1.807) is 7.11 Å². The van der Waals surface area contributed by atoms with Gasteiger partial charge in [0.05, 0.1) is 12.8 Å². The largest absolute Gasteiger partial charge is 0.497 e. The number of methoxy groups -OCH3 is 1. The number of piperidine rings is 1. The van der Waals surface area contributed by atoms with Crippen LogP contribution in [0.4, 0.5) is 5.69 Å². The summed E-state index contributed by atoms with van der Waals surface area (Å²) in [6, 6.07) is 6.39. The minimum absolute atomic E-state index is 0.433. The van der Waals surface area contributed by atoms with Crippen molar-refractivity contribution in [2.24, 2.45) is 5.73 Å². The lowest BCUT2D eigenvalue weighted by Crippen LogP contribution is -2.42. The lowest BCUT2D eigenvalue weighted by atomic mass is 10.0. The smallest absolute Gasteiger partial charge is 0.120 e. The fourth-order valence-corrected chi connectivity index (χ4v) is 2.89. The van der Waals surface area contributed by atoms with Gasteiger partial charge < -0.3 is 20.3 Å². The van der Waals surface area contributed by atoms with Gasteiger partial charge in [0.15, 0.2) is 0 Å². The third-order valence-corrected chi connectivity index (χ3v) is 4.31. The molecule has 0 amide bonds. The number of hydrogen-bond donors (Lipinski definition) is 1. The highest BCUT2D eigenvalue weighted by molar-refractivity contribution is 7.80. The minimum atomic E-state index is 0.433. The van der Waals surface area contributed by atoms with E-state index in [4.69, 9.17) is 22.7 Å². The van der Waals surface area contributed by atoms with Gasteiger partial charge in [0.25, 0.3) is 0 Å². The van der Waals surface area contributed by atoms with Crippen molar-refractivity contribution in [2.45, 2.75) is 18.9 Å². The number of nitrogens with two attached hydrogens (primary N) is 1. The van der Waals surface area contributed by atoms with Crippen LogP contribution in [-0.2, 0) is 0 Å². The van der Waals surface area contributed by atoms with Crippen LogP contribution >= 0.6 is 12.2 Å². The first kappa shape index (κ1) is 15.1. The molecule has 1 aliphatic rings. The molecule has 2 rings (SSSR count). The zero-order valence-electron chi connectivity index (χ0n) is 12.4. The monoisotopic (exact) mass is 293 g/mol. The Morgan fingerprint density at radius 3 is 2.60 bits per heavy atom. The maximum Gasteiger partial charge on any atom is 0.120 e. The van der Waals surface area contributed by atoms with Crippen molar-refractivity contribution in [3.05, 3.63) is 23.8 Å². The van der Waals surface area contributed by atoms with Gasteiger partial charge in [-0.2, -0.15) is 0 Å². The molecule has 0 atom stereocenters. The van der Waals surface area contributed by atoms with Crippen molar-refractivity contribution < 1.29 is 4.74 Å². The molecule has 0 radical (unpaired) electrons. The molecule has 0 unspecified atom stereocenters. The molecule has 0 aliphatic carbocycles. The van der Waals surface area contributed by atoms with E-state index >= 15 is 0 Å². The second-order valence-electron chi connectivity index (χ2n) is 5.39. The van der Waals surface area contributed by atoms with Gasteiger partial charge in [0.1, 0.15) is 10.7 Å². The molecule has 1 aromatic rings. The van der Waals surface area contributed by atoms with Crippen LogP contribution < -0.4 is 15.4 Å². The van der Waals surface area contributed by atoms with Crippen LogP contribution in [0, 0.1) is 0 Å². The van der Waals surface area contributed by atoms with E-state index in [1.807, 2.05) is 18.2 Å². The number of rotatable bonds is 4. The maximum absolute atomic E-state index is 5.85. The van der Waals surface area contributed by atoms with Gasteiger partial charge in [0, 0.05) is 24.7 Å². The summed E-state index contributed by atoms with van der Waals surface area (Å²) in [5, 5.41) is 0. The lowest BCUT2D eigenvalue weighted by Gasteiger charge is -2.37. The van der Waals surface area contributed by atoms with E-state index in [0.29, 0.717) is 11.0 Å². The molecular weight excluding hydrogens is 270 g/mol. The van der Waals surface area contributed by atoms with Crippen molar-refractivity contribution >= 4 is 22.9 Å². The van der Waals surface area contributed by atoms with E-state index in [-0.39, 0.29) is 0 Å². The predicted octanol–water partition coefficient (Wildman–Crippen LogP) is 1.86. The fourth-order valence-electron chi connectivity index (χ4n) is 2.72. The molecule has 0 spiro atoms. The van der Waals surface area contributed by atoms with Crippen LogP contribution in [0.3, 0.4) is 0 Å². The average Bonchev–Trinajstić information content (AvgIpc) is 2.46. The molecule has 0 aromatic heterocycles. The second kappa shape index (κ2) is 6.41. The van der Waals surface area contributed by atoms with Gasteiger partial charge in [-0.3, -0.25) is 0 Å². The Kier molecular flexibility index (Phi) is 4.83. The highest BCUT2D eigenvalue weighted by Crippen LogP contribution is 2.29. The number of hydrogen-bond acceptors (Lipinski definition) is 4. The van der Waals surface area contributed by atoms with E-state index in [1.165, 1.54) is 0 Å². The van der Waals surface area contributed by atoms with Crippen molar-refractivity contribution in [2.75, 3.05) is 39.2 Å². The molecule has 5 heteroatoms. The molecular formula is C15H23N3OS. The van der Waals surface area contributed by atoms with Crippen molar-refractivity contribution in [1.29, 1.82) is 0 Å². The van der Waals surface area contributed by atoms with Crippen molar-refractivity contribution in [3.63, 3.8) is 0 Å². The zero-order chi connectivity index (χ0) is 14.7. The number of likely N-dealkylation sites (tertiary alicyclic amines) is 1. The van der Waals surface area contributed by atoms with Crippen LogP contribution in [0.5, 0.6) is 5.75 Å². The van der Waals surface area contributed by atoms with Gasteiger partial charge in [-0.1, -0.05) is 12.2 Å². The Balaban J connectivity index is 2.27. The molecule has 1 aromatic carbocycles. The van der Waals surface area contributed by atoms with Crippen LogP contribution in [-0.4, -0.2) is 50.2 Å². The molecule has 0 bridgehead atoms. The molecule has 2 N–H and O–H groups in total. The molecule has 20 heavy (non-hydrogen) atoms. The van der Waals surface area contributed by atoms with E-state index in [2.05, 4.69) is 23.9 Å². The summed E-state index contributed by atoms with van der Waals surface area (Å²) in [7, 11) is 5.96. The topological polar surface area (TPSA) is 41.7 Å². The highest BCUT2D eigenvalue weighted by Gasteiger charge is 2.23. The summed E-state index contributed by atoms with van der Waals surface area (Å²) in [4.78, 5) is 5.09. The number of benzene rings is 1. The van der Waals surface area contributed by atoms with Crippen LogP contribution in [0.15, 0.2) is 18.2 Å². The van der Waals surface area contributed by atoms with Gasteiger partial charge in [-0.05, 0) is 45.1 Å². The van der Waals surface area contributed by atoms with Crippen LogP contribution in [0.1, 0.15) is 18.4 Å². The summed E-state index contributed by atoms with van der Waals surface area (Å²) in [5.74, 6) is 0.833. The van der Waals surface area contributed by atoms with E-state index < -0.39 is 0 Å². The summed E-state index contributed by atoms with van der Waals surface area (Å²) in [6.45, 7) is 2.25.